The normalized spacial score (nSPS) is 15.2. The first-order valence-corrected chi connectivity index (χ1v) is 9.82. The molecule has 8 heteroatoms. The van der Waals surface area contributed by atoms with Crippen LogP contribution in [-0.4, -0.2) is 64.9 Å². The van der Waals surface area contributed by atoms with Crippen molar-refractivity contribution in [2.45, 2.75) is 13.3 Å². The number of hydrogen-bond acceptors (Lipinski definition) is 5. The molecule has 0 atom stereocenters. The van der Waals surface area contributed by atoms with E-state index in [2.05, 4.69) is 0 Å². The number of ether oxygens (including phenoxy) is 2. The molecule has 1 aromatic carbocycles. The molecule has 1 aliphatic heterocycles. The maximum atomic E-state index is 12.4. The number of rotatable bonds is 7. The van der Waals surface area contributed by atoms with Crippen molar-refractivity contribution in [3.05, 3.63) is 24.3 Å². The van der Waals surface area contributed by atoms with Crippen LogP contribution in [0, 0.1) is 0 Å². The van der Waals surface area contributed by atoms with Gasteiger partial charge in [-0.1, -0.05) is 6.92 Å². The molecule has 1 aliphatic rings. The minimum absolute atomic E-state index is 0.214. The van der Waals surface area contributed by atoms with Crippen molar-refractivity contribution in [1.82, 2.24) is 4.90 Å². The third-order valence-corrected chi connectivity index (χ3v) is 4.78. The number of benzene rings is 1. The molecule has 0 unspecified atom stereocenters. The summed E-state index contributed by atoms with van der Waals surface area (Å²) in [5.74, 6) is 0.448. The monoisotopic (exact) mass is 356 g/mol. The first kappa shape index (κ1) is 18.5. The van der Waals surface area contributed by atoms with Crippen LogP contribution in [0.2, 0.25) is 0 Å². The molecule has 1 heterocycles. The van der Waals surface area contributed by atoms with Crippen molar-refractivity contribution in [3.8, 4) is 5.75 Å². The Morgan fingerprint density at radius 1 is 1.25 bits per heavy atom. The highest BCUT2D eigenvalue weighted by molar-refractivity contribution is 7.92. The molecule has 0 N–H and O–H groups in total. The first-order valence-electron chi connectivity index (χ1n) is 7.98. The number of anilines is 1. The summed E-state index contributed by atoms with van der Waals surface area (Å²) in [6.07, 6.45) is 1.99. The van der Waals surface area contributed by atoms with E-state index in [0.29, 0.717) is 44.3 Å². The SMILES string of the molecule is CCCOc1ccc(N(CC(=O)N2CCOCC2)S(C)(=O)=O)cc1. The number of sulfonamides is 1. The van der Waals surface area contributed by atoms with Crippen LogP contribution in [0.5, 0.6) is 5.75 Å². The average Bonchev–Trinajstić information content (AvgIpc) is 2.58. The summed E-state index contributed by atoms with van der Waals surface area (Å²) >= 11 is 0. The van der Waals surface area contributed by atoms with Crippen molar-refractivity contribution in [2.75, 3.05) is 50.0 Å². The summed E-state index contributed by atoms with van der Waals surface area (Å²) < 4.78 is 36.0. The van der Waals surface area contributed by atoms with Gasteiger partial charge in [0.1, 0.15) is 12.3 Å². The molecular formula is C16H24N2O5S. The number of hydrogen-bond donors (Lipinski definition) is 0. The molecule has 7 nitrogen and oxygen atoms in total. The fourth-order valence-corrected chi connectivity index (χ4v) is 3.21. The lowest BCUT2D eigenvalue weighted by Crippen LogP contribution is -2.47. The molecule has 0 spiro atoms. The zero-order chi connectivity index (χ0) is 17.6. The highest BCUT2D eigenvalue weighted by Crippen LogP contribution is 2.22. The third kappa shape index (κ3) is 5.10. The lowest BCUT2D eigenvalue weighted by Gasteiger charge is -2.30. The molecule has 0 radical (unpaired) electrons. The van der Waals surface area contributed by atoms with Gasteiger partial charge in [0, 0.05) is 13.1 Å². The lowest BCUT2D eigenvalue weighted by atomic mass is 10.3. The van der Waals surface area contributed by atoms with Crippen LogP contribution in [0.4, 0.5) is 5.69 Å². The minimum atomic E-state index is -3.57. The fourth-order valence-electron chi connectivity index (χ4n) is 2.36. The summed E-state index contributed by atoms with van der Waals surface area (Å²) in [5, 5.41) is 0. The van der Waals surface area contributed by atoms with E-state index in [1.54, 1.807) is 29.2 Å². The van der Waals surface area contributed by atoms with Gasteiger partial charge in [-0.3, -0.25) is 9.10 Å². The quantitative estimate of drug-likeness (QED) is 0.731. The molecule has 1 amide bonds. The number of morpholine rings is 1. The molecular weight excluding hydrogens is 332 g/mol. The molecule has 1 saturated heterocycles. The highest BCUT2D eigenvalue weighted by Gasteiger charge is 2.25. The van der Waals surface area contributed by atoms with Gasteiger partial charge in [0.05, 0.1) is 31.8 Å². The summed E-state index contributed by atoms with van der Waals surface area (Å²) in [4.78, 5) is 14.0. The van der Waals surface area contributed by atoms with Crippen LogP contribution in [-0.2, 0) is 19.6 Å². The van der Waals surface area contributed by atoms with E-state index >= 15 is 0 Å². The van der Waals surface area contributed by atoms with Gasteiger partial charge in [0.2, 0.25) is 15.9 Å². The van der Waals surface area contributed by atoms with Crippen molar-refractivity contribution in [2.24, 2.45) is 0 Å². The Labute approximate surface area is 143 Å². The maximum Gasteiger partial charge on any atom is 0.243 e. The van der Waals surface area contributed by atoms with Crippen molar-refractivity contribution in [3.63, 3.8) is 0 Å². The van der Waals surface area contributed by atoms with Crippen LogP contribution >= 0.6 is 0 Å². The van der Waals surface area contributed by atoms with E-state index < -0.39 is 10.0 Å². The third-order valence-electron chi connectivity index (χ3n) is 3.64. The van der Waals surface area contributed by atoms with Gasteiger partial charge < -0.3 is 14.4 Å². The van der Waals surface area contributed by atoms with E-state index in [9.17, 15) is 13.2 Å². The molecule has 1 aromatic rings. The lowest BCUT2D eigenvalue weighted by molar-refractivity contribution is -0.133. The summed E-state index contributed by atoms with van der Waals surface area (Å²) in [6.45, 7) is 4.33. The van der Waals surface area contributed by atoms with Crippen molar-refractivity contribution >= 4 is 21.6 Å². The minimum Gasteiger partial charge on any atom is -0.494 e. The number of carbonyl (C=O) groups is 1. The van der Waals surface area contributed by atoms with Crippen LogP contribution in [0.1, 0.15) is 13.3 Å². The Kier molecular flexibility index (Phi) is 6.44. The van der Waals surface area contributed by atoms with Gasteiger partial charge >= 0.3 is 0 Å². The number of nitrogens with zero attached hydrogens (tertiary/aromatic N) is 2. The van der Waals surface area contributed by atoms with Gasteiger partial charge in [-0.05, 0) is 30.7 Å². The first-order chi connectivity index (χ1) is 11.4. The molecule has 0 bridgehead atoms. The fraction of sp³-hybridized carbons (Fsp3) is 0.562. The molecule has 134 valence electrons. The standard InChI is InChI=1S/C16H24N2O5S/c1-3-10-23-15-6-4-14(5-7-15)18(24(2,20)21)13-16(19)17-8-11-22-12-9-17/h4-7H,3,8-13H2,1-2H3. The maximum absolute atomic E-state index is 12.4. The van der Waals surface area contributed by atoms with Gasteiger partial charge in [-0.15, -0.1) is 0 Å². The molecule has 24 heavy (non-hydrogen) atoms. The summed E-state index contributed by atoms with van der Waals surface area (Å²) in [5.41, 5.74) is 0.447. The van der Waals surface area contributed by atoms with Crippen molar-refractivity contribution < 1.29 is 22.7 Å². The Morgan fingerprint density at radius 3 is 2.42 bits per heavy atom. The average molecular weight is 356 g/mol. The Morgan fingerprint density at radius 2 is 1.88 bits per heavy atom. The molecule has 0 aromatic heterocycles. The van der Waals surface area contributed by atoms with Gasteiger partial charge in [-0.2, -0.15) is 0 Å². The van der Waals surface area contributed by atoms with Gasteiger partial charge in [0.25, 0.3) is 0 Å². The van der Waals surface area contributed by atoms with Crippen LogP contribution < -0.4 is 9.04 Å². The highest BCUT2D eigenvalue weighted by atomic mass is 32.2. The van der Waals surface area contributed by atoms with E-state index in [4.69, 9.17) is 9.47 Å². The molecule has 0 aliphatic carbocycles. The molecule has 2 rings (SSSR count). The van der Waals surface area contributed by atoms with E-state index in [1.807, 2.05) is 6.92 Å². The van der Waals surface area contributed by atoms with Gasteiger partial charge in [0.15, 0.2) is 0 Å². The second kappa shape index (κ2) is 8.34. The summed E-state index contributed by atoms with van der Waals surface area (Å²) in [7, 11) is -3.57. The van der Waals surface area contributed by atoms with Crippen molar-refractivity contribution in [1.29, 1.82) is 0 Å². The second-order valence-electron chi connectivity index (χ2n) is 5.61. The predicted molar refractivity (Wildman–Crippen MR) is 91.8 cm³/mol. The van der Waals surface area contributed by atoms with Crippen LogP contribution in [0.3, 0.4) is 0 Å². The van der Waals surface area contributed by atoms with E-state index in [0.717, 1.165) is 17.0 Å². The van der Waals surface area contributed by atoms with Gasteiger partial charge in [-0.25, -0.2) is 8.42 Å². The topological polar surface area (TPSA) is 76.2 Å². The largest absolute Gasteiger partial charge is 0.494 e. The zero-order valence-corrected chi connectivity index (χ0v) is 14.9. The van der Waals surface area contributed by atoms with Crippen LogP contribution in [0.25, 0.3) is 0 Å². The van der Waals surface area contributed by atoms with Crippen LogP contribution in [0.15, 0.2) is 24.3 Å². The number of carbonyl (C=O) groups excluding carboxylic acids is 1. The summed E-state index contributed by atoms with van der Waals surface area (Å²) in [6, 6.07) is 6.72. The predicted octanol–water partition coefficient (Wildman–Crippen LogP) is 1.10. The Balaban J connectivity index is 2.12. The molecule has 1 fully saturated rings. The Hall–Kier alpha value is -1.80. The Bertz CT molecular complexity index is 639. The second-order valence-corrected chi connectivity index (χ2v) is 7.51. The molecule has 0 saturated carbocycles. The van der Waals surface area contributed by atoms with E-state index in [1.165, 1.54) is 0 Å². The number of amides is 1. The smallest absolute Gasteiger partial charge is 0.243 e. The zero-order valence-electron chi connectivity index (χ0n) is 14.1. The van der Waals surface area contributed by atoms with E-state index in [-0.39, 0.29) is 12.5 Å².